The van der Waals surface area contributed by atoms with E-state index in [0.29, 0.717) is 18.9 Å². The summed E-state index contributed by atoms with van der Waals surface area (Å²) >= 11 is 0. The van der Waals surface area contributed by atoms with Crippen molar-refractivity contribution < 1.29 is 13.2 Å². The van der Waals surface area contributed by atoms with Gasteiger partial charge in [0.25, 0.3) is 0 Å². The molecule has 0 radical (unpaired) electrons. The highest BCUT2D eigenvalue weighted by Gasteiger charge is 2.13. The zero-order valence-electron chi connectivity index (χ0n) is 11.7. The molecule has 0 heterocycles. The molecule has 2 N–H and O–H groups in total. The third-order valence-corrected chi connectivity index (χ3v) is 4.94. The molecule has 0 aliphatic rings. The van der Waals surface area contributed by atoms with E-state index in [1.165, 1.54) is 0 Å². The molecule has 0 spiro atoms. The van der Waals surface area contributed by atoms with Crippen LogP contribution in [-0.2, 0) is 14.6 Å². The van der Waals surface area contributed by atoms with Crippen LogP contribution in [0.1, 0.15) is 52.4 Å². The van der Waals surface area contributed by atoms with E-state index in [1.54, 1.807) is 6.92 Å². The molecule has 0 aliphatic heterocycles. The Morgan fingerprint density at radius 1 is 1.11 bits per heavy atom. The van der Waals surface area contributed by atoms with Gasteiger partial charge in [0.05, 0.1) is 5.75 Å². The molecule has 0 aromatic heterocycles. The number of carbonyl (C=O) groups is 1. The molecule has 0 saturated carbocycles. The summed E-state index contributed by atoms with van der Waals surface area (Å²) in [5.74, 6) is 0.681. The van der Waals surface area contributed by atoms with Crippen molar-refractivity contribution in [1.82, 2.24) is 0 Å². The lowest BCUT2D eigenvalue weighted by atomic mass is 9.93. The van der Waals surface area contributed by atoms with Crippen molar-refractivity contribution in [1.29, 1.82) is 0 Å². The number of hydrogen-bond donors (Lipinski definition) is 1. The van der Waals surface area contributed by atoms with Gasteiger partial charge in [-0.1, -0.05) is 26.7 Å². The Morgan fingerprint density at radius 3 is 2.28 bits per heavy atom. The summed E-state index contributed by atoms with van der Waals surface area (Å²) in [4.78, 5) is 11.6. The van der Waals surface area contributed by atoms with Crippen LogP contribution in [-0.4, -0.2) is 32.3 Å². The lowest BCUT2D eigenvalue weighted by molar-refractivity contribution is -0.119. The molecule has 5 heteroatoms. The molecule has 0 bridgehead atoms. The van der Waals surface area contributed by atoms with Crippen molar-refractivity contribution >= 4 is 15.6 Å². The van der Waals surface area contributed by atoms with Crippen LogP contribution in [0.2, 0.25) is 0 Å². The van der Waals surface area contributed by atoms with Crippen LogP contribution in [0.25, 0.3) is 0 Å². The smallest absolute Gasteiger partial charge is 0.150 e. The van der Waals surface area contributed by atoms with Gasteiger partial charge in [0.15, 0.2) is 0 Å². The second-order valence-electron chi connectivity index (χ2n) is 4.80. The number of sulfone groups is 1. The molecule has 0 aromatic carbocycles. The summed E-state index contributed by atoms with van der Waals surface area (Å²) in [6, 6.07) is 0. The molecule has 108 valence electrons. The largest absolute Gasteiger partial charge is 0.330 e. The van der Waals surface area contributed by atoms with E-state index >= 15 is 0 Å². The van der Waals surface area contributed by atoms with E-state index in [2.05, 4.69) is 6.92 Å². The molecule has 0 fully saturated rings. The first kappa shape index (κ1) is 17.6. The normalized spacial score (nSPS) is 13.5. The molecule has 0 saturated heterocycles. The lowest BCUT2D eigenvalue weighted by Crippen LogP contribution is -2.14. The average molecular weight is 277 g/mol. The minimum Gasteiger partial charge on any atom is -0.330 e. The highest BCUT2D eigenvalue weighted by Crippen LogP contribution is 2.17. The zero-order chi connectivity index (χ0) is 14.0. The van der Waals surface area contributed by atoms with Gasteiger partial charge in [-0.2, -0.15) is 0 Å². The van der Waals surface area contributed by atoms with Crippen LogP contribution in [0.3, 0.4) is 0 Å². The van der Waals surface area contributed by atoms with E-state index in [9.17, 15) is 13.2 Å². The van der Waals surface area contributed by atoms with Gasteiger partial charge in [0.2, 0.25) is 0 Å². The summed E-state index contributed by atoms with van der Waals surface area (Å²) in [6.07, 6.45) is 4.65. The highest BCUT2D eigenvalue weighted by atomic mass is 32.2. The van der Waals surface area contributed by atoms with E-state index in [4.69, 9.17) is 5.73 Å². The Hall–Kier alpha value is -0.420. The third-order valence-electron chi connectivity index (χ3n) is 3.23. The maximum Gasteiger partial charge on any atom is 0.150 e. The van der Waals surface area contributed by atoms with Crippen molar-refractivity contribution in [2.75, 3.05) is 18.1 Å². The van der Waals surface area contributed by atoms with Crippen LogP contribution in [0.15, 0.2) is 0 Å². The van der Waals surface area contributed by atoms with Gasteiger partial charge in [-0.05, 0) is 25.3 Å². The number of rotatable bonds is 11. The molecule has 0 aromatic rings. The highest BCUT2D eigenvalue weighted by molar-refractivity contribution is 7.91. The van der Waals surface area contributed by atoms with E-state index in [0.717, 1.165) is 25.7 Å². The monoisotopic (exact) mass is 277 g/mol. The molecule has 0 aliphatic carbocycles. The second kappa shape index (κ2) is 9.50. The van der Waals surface area contributed by atoms with Gasteiger partial charge < -0.3 is 5.73 Å². The summed E-state index contributed by atoms with van der Waals surface area (Å²) in [6.45, 7) is 4.39. The predicted octanol–water partition coefficient (Wildman–Crippen LogP) is 1.93. The fraction of sp³-hybridized carbons (Fsp3) is 0.923. The quantitative estimate of drug-likeness (QED) is 0.626. The molecule has 18 heavy (non-hydrogen) atoms. The minimum atomic E-state index is -3.01. The summed E-state index contributed by atoms with van der Waals surface area (Å²) in [5.41, 5.74) is 5.54. The molecule has 0 rings (SSSR count). The Morgan fingerprint density at radius 2 is 1.78 bits per heavy atom. The van der Waals surface area contributed by atoms with Crippen molar-refractivity contribution in [3.05, 3.63) is 0 Å². The standard InChI is InChI=1S/C13H27NO3S/c1-3-5-12(8-10-14)6-7-13(15)9-11-18(16,17)4-2/h12H,3-11,14H2,1-2H3. The van der Waals surface area contributed by atoms with Gasteiger partial charge in [-0.25, -0.2) is 8.42 Å². The zero-order valence-corrected chi connectivity index (χ0v) is 12.5. The van der Waals surface area contributed by atoms with E-state index in [1.807, 2.05) is 0 Å². The first-order valence-corrected chi connectivity index (χ1v) is 8.69. The summed E-state index contributed by atoms with van der Waals surface area (Å²) in [7, 11) is -3.01. The SMILES string of the molecule is CCCC(CCN)CCC(=O)CCS(=O)(=O)CC. The second-order valence-corrected chi connectivity index (χ2v) is 7.27. The number of hydrogen-bond acceptors (Lipinski definition) is 4. The fourth-order valence-corrected chi connectivity index (χ4v) is 2.81. The number of Topliss-reactive ketones (excluding diaryl/α,β-unsaturated/α-hetero) is 1. The molecular weight excluding hydrogens is 250 g/mol. The number of ketones is 1. The Balaban J connectivity index is 3.94. The molecule has 1 unspecified atom stereocenters. The Labute approximate surface area is 111 Å². The Kier molecular flexibility index (Phi) is 9.28. The maximum absolute atomic E-state index is 11.6. The third kappa shape index (κ3) is 8.64. The average Bonchev–Trinajstić information content (AvgIpc) is 2.34. The summed E-state index contributed by atoms with van der Waals surface area (Å²) in [5, 5.41) is 0. The van der Waals surface area contributed by atoms with Crippen molar-refractivity contribution in [2.45, 2.75) is 52.4 Å². The minimum absolute atomic E-state index is 0.00231. The molecule has 1 atom stereocenters. The van der Waals surface area contributed by atoms with E-state index in [-0.39, 0.29) is 23.7 Å². The molecular formula is C13H27NO3S. The lowest BCUT2D eigenvalue weighted by Gasteiger charge is -2.14. The van der Waals surface area contributed by atoms with Crippen molar-refractivity contribution in [2.24, 2.45) is 11.7 Å². The van der Waals surface area contributed by atoms with Crippen LogP contribution in [0.4, 0.5) is 0 Å². The van der Waals surface area contributed by atoms with Crippen LogP contribution >= 0.6 is 0 Å². The van der Waals surface area contributed by atoms with Gasteiger partial charge in [-0.15, -0.1) is 0 Å². The topological polar surface area (TPSA) is 77.2 Å². The van der Waals surface area contributed by atoms with Gasteiger partial charge in [0.1, 0.15) is 15.6 Å². The van der Waals surface area contributed by atoms with Crippen LogP contribution in [0.5, 0.6) is 0 Å². The van der Waals surface area contributed by atoms with Crippen LogP contribution < -0.4 is 5.73 Å². The predicted molar refractivity (Wildman–Crippen MR) is 75.3 cm³/mol. The van der Waals surface area contributed by atoms with Crippen molar-refractivity contribution in [3.8, 4) is 0 Å². The first-order valence-electron chi connectivity index (χ1n) is 6.87. The van der Waals surface area contributed by atoms with Gasteiger partial charge >= 0.3 is 0 Å². The molecule has 0 amide bonds. The Bertz CT molecular complexity index is 319. The van der Waals surface area contributed by atoms with Crippen LogP contribution in [0, 0.1) is 5.92 Å². The van der Waals surface area contributed by atoms with Gasteiger partial charge in [-0.3, -0.25) is 4.79 Å². The van der Waals surface area contributed by atoms with E-state index < -0.39 is 9.84 Å². The number of carbonyl (C=O) groups excluding carboxylic acids is 1. The summed E-state index contributed by atoms with van der Waals surface area (Å²) < 4.78 is 22.6. The molecule has 4 nitrogen and oxygen atoms in total. The van der Waals surface area contributed by atoms with Gasteiger partial charge in [0, 0.05) is 18.6 Å². The maximum atomic E-state index is 11.6. The fourth-order valence-electron chi connectivity index (χ4n) is 1.98. The van der Waals surface area contributed by atoms with Crippen molar-refractivity contribution in [3.63, 3.8) is 0 Å². The first-order chi connectivity index (χ1) is 8.45. The number of nitrogens with two attached hydrogens (primary N) is 1.